The third kappa shape index (κ3) is 2.61. The van der Waals surface area contributed by atoms with Gasteiger partial charge in [0.15, 0.2) is 0 Å². The first-order valence-corrected chi connectivity index (χ1v) is 5.67. The van der Waals surface area contributed by atoms with Crippen molar-refractivity contribution in [3.63, 3.8) is 0 Å². The summed E-state index contributed by atoms with van der Waals surface area (Å²) in [5.41, 5.74) is 5.91. The van der Waals surface area contributed by atoms with Crippen molar-refractivity contribution in [2.24, 2.45) is 5.73 Å². The van der Waals surface area contributed by atoms with Crippen LogP contribution in [0.1, 0.15) is 26.2 Å². The van der Waals surface area contributed by atoms with Crippen LogP contribution in [0.2, 0.25) is 0 Å². The van der Waals surface area contributed by atoms with Gasteiger partial charge in [-0.25, -0.2) is 4.98 Å². The highest BCUT2D eigenvalue weighted by Gasteiger charge is 2.26. The van der Waals surface area contributed by atoms with Gasteiger partial charge in [0.25, 0.3) is 0 Å². The van der Waals surface area contributed by atoms with Crippen LogP contribution in [0, 0.1) is 0 Å². The average molecular weight is 223 g/mol. The van der Waals surface area contributed by atoms with E-state index in [1.807, 2.05) is 6.92 Å². The van der Waals surface area contributed by atoms with E-state index >= 15 is 0 Å². The SMILES string of the molecule is CCOc1ccnc(OC2CCCC2N)n1. The van der Waals surface area contributed by atoms with Crippen molar-refractivity contribution < 1.29 is 9.47 Å². The van der Waals surface area contributed by atoms with Crippen LogP contribution in [0.15, 0.2) is 12.3 Å². The molecule has 0 radical (unpaired) electrons. The molecule has 0 bridgehead atoms. The zero-order valence-electron chi connectivity index (χ0n) is 9.43. The number of hydrogen-bond donors (Lipinski definition) is 1. The van der Waals surface area contributed by atoms with Crippen LogP contribution in [0.3, 0.4) is 0 Å². The maximum Gasteiger partial charge on any atom is 0.320 e. The Bertz CT molecular complexity index is 346. The second-order valence-electron chi connectivity index (χ2n) is 3.86. The van der Waals surface area contributed by atoms with Gasteiger partial charge in [-0.15, -0.1) is 0 Å². The summed E-state index contributed by atoms with van der Waals surface area (Å²) < 4.78 is 10.9. The van der Waals surface area contributed by atoms with E-state index in [0.29, 0.717) is 18.5 Å². The van der Waals surface area contributed by atoms with E-state index in [2.05, 4.69) is 9.97 Å². The Morgan fingerprint density at radius 1 is 1.50 bits per heavy atom. The molecule has 0 aromatic carbocycles. The summed E-state index contributed by atoms with van der Waals surface area (Å²) in [4.78, 5) is 8.20. The molecule has 88 valence electrons. The first-order chi connectivity index (χ1) is 7.79. The Morgan fingerprint density at radius 2 is 2.38 bits per heavy atom. The van der Waals surface area contributed by atoms with E-state index < -0.39 is 0 Å². The normalized spacial score (nSPS) is 24.4. The van der Waals surface area contributed by atoms with E-state index in [1.165, 1.54) is 0 Å². The molecule has 1 fully saturated rings. The predicted molar refractivity (Wildman–Crippen MR) is 59.4 cm³/mol. The van der Waals surface area contributed by atoms with Gasteiger partial charge in [0.05, 0.1) is 6.61 Å². The zero-order valence-corrected chi connectivity index (χ0v) is 9.43. The molecule has 1 saturated carbocycles. The van der Waals surface area contributed by atoms with Gasteiger partial charge < -0.3 is 15.2 Å². The quantitative estimate of drug-likeness (QED) is 0.828. The minimum Gasteiger partial charge on any atom is -0.478 e. The summed E-state index contributed by atoms with van der Waals surface area (Å²) in [5.74, 6) is 0.541. The lowest BCUT2D eigenvalue weighted by Crippen LogP contribution is -2.34. The summed E-state index contributed by atoms with van der Waals surface area (Å²) >= 11 is 0. The molecule has 1 aliphatic rings. The van der Waals surface area contributed by atoms with Crippen LogP contribution in [0.4, 0.5) is 0 Å². The van der Waals surface area contributed by atoms with Gasteiger partial charge in [0.1, 0.15) is 6.10 Å². The van der Waals surface area contributed by atoms with Gasteiger partial charge >= 0.3 is 6.01 Å². The van der Waals surface area contributed by atoms with Crippen LogP contribution in [0.25, 0.3) is 0 Å². The minimum absolute atomic E-state index is 0.0388. The van der Waals surface area contributed by atoms with Crippen LogP contribution in [0.5, 0.6) is 11.9 Å². The number of nitrogens with two attached hydrogens (primary N) is 1. The zero-order chi connectivity index (χ0) is 11.4. The Morgan fingerprint density at radius 3 is 3.06 bits per heavy atom. The van der Waals surface area contributed by atoms with Crippen molar-refractivity contribution in [3.05, 3.63) is 12.3 Å². The highest BCUT2D eigenvalue weighted by molar-refractivity contribution is 5.11. The smallest absolute Gasteiger partial charge is 0.320 e. The van der Waals surface area contributed by atoms with E-state index in [9.17, 15) is 0 Å². The summed E-state index contributed by atoms with van der Waals surface area (Å²) in [5, 5.41) is 0. The molecule has 1 aromatic heterocycles. The van der Waals surface area contributed by atoms with Crippen molar-refractivity contribution in [2.45, 2.75) is 38.3 Å². The number of nitrogens with zero attached hydrogens (tertiary/aromatic N) is 2. The first kappa shape index (κ1) is 11.1. The second kappa shape index (κ2) is 5.12. The Kier molecular flexibility index (Phi) is 3.56. The molecule has 5 nitrogen and oxygen atoms in total. The largest absolute Gasteiger partial charge is 0.478 e. The summed E-state index contributed by atoms with van der Waals surface area (Å²) in [6.07, 6.45) is 4.76. The molecule has 0 saturated heterocycles. The van der Waals surface area contributed by atoms with Crippen LogP contribution in [-0.2, 0) is 0 Å². The molecule has 2 rings (SSSR count). The number of rotatable bonds is 4. The fourth-order valence-electron chi connectivity index (χ4n) is 1.85. The molecule has 1 heterocycles. The van der Waals surface area contributed by atoms with Crippen LogP contribution in [-0.4, -0.2) is 28.7 Å². The minimum atomic E-state index is 0.0388. The highest BCUT2D eigenvalue weighted by Crippen LogP contribution is 2.22. The highest BCUT2D eigenvalue weighted by atomic mass is 16.5. The Balaban J connectivity index is 2.00. The third-order valence-electron chi connectivity index (χ3n) is 2.66. The maximum atomic E-state index is 5.91. The lowest BCUT2D eigenvalue weighted by Gasteiger charge is -2.16. The van der Waals surface area contributed by atoms with Crippen molar-refractivity contribution >= 4 is 0 Å². The molecule has 2 atom stereocenters. The van der Waals surface area contributed by atoms with Crippen molar-refractivity contribution in [1.82, 2.24) is 9.97 Å². The second-order valence-corrected chi connectivity index (χ2v) is 3.86. The van der Waals surface area contributed by atoms with E-state index in [-0.39, 0.29) is 12.1 Å². The van der Waals surface area contributed by atoms with Gasteiger partial charge in [0, 0.05) is 18.3 Å². The van der Waals surface area contributed by atoms with Gasteiger partial charge in [-0.2, -0.15) is 4.98 Å². The van der Waals surface area contributed by atoms with Gasteiger partial charge in [-0.05, 0) is 26.2 Å². The molecule has 0 amide bonds. The maximum absolute atomic E-state index is 5.91. The van der Waals surface area contributed by atoms with Gasteiger partial charge in [-0.1, -0.05) is 0 Å². The van der Waals surface area contributed by atoms with E-state index in [4.69, 9.17) is 15.2 Å². The third-order valence-corrected chi connectivity index (χ3v) is 2.66. The lowest BCUT2D eigenvalue weighted by atomic mass is 10.2. The van der Waals surface area contributed by atoms with E-state index in [1.54, 1.807) is 12.3 Å². The average Bonchev–Trinajstić information content (AvgIpc) is 2.66. The van der Waals surface area contributed by atoms with Crippen molar-refractivity contribution in [2.75, 3.05) is 6.61 Å². The molecular formula is C11H17N3O2. The van der Waals surface area contributed by atoms with E-state index in [0.717, 1.165) is 19.3 Å². The Hall–Kier alpha value is -1.36. The van der Waals surface area contributed by atoms with Crippen molar-refractivity contribution in [1.29, 1.82) is 0 Å². The molecule has 0 spiro atoms. The summed E-state index contributed by atoms with van der Waals surface area (Å²) in [6, 6.07) is 2.16. The van der Waals surface area contributed by atoms with Crippen LogP contribution >= 0.6 is 0 Å². The molecule has 0 aliphatic heterocycles. The number of hydrogen-bond acceptors (Lipinski definition) is 5. The Labute approximate surface area is 95.0 Å². The number of ether oxygens (including phenoxy) is 2. The fraction of sp³-hybridized carbons (Fsp3) is 0.636. The van der Waals surface area contributed by atoms with Crippen molar-refractivity contribution in [3.8, 4) is 11.9 Å². The van der Waals surface area contributed by atoms with Gasteiger partial charge in [0.2, 0.25) is 5.88 Å². The predicted octanol–water partition coefficient (Wildman–Crippen LogP) is 1.13. The van der Waals surface area contributed by atoms with Gasteiger partial charge in [-0.3, -0.25) is 0 Å². The summed E-state index contributed by atoms with van der Waals surface area (Å²) in [6.45, 7) is 2.49. The molecule has 5 heteroatoms. The topological polar surface area (TPSA) is 70.3 Å². The standard InChI is InChI=1S/C11H17N3O2/c1-2-15-10-6-7-13-11(14-10)16-9-5-3-4-8(9)12/h6-9H,2-5,12H2,1H3. The molecule has 1 aliphatic carbocycles. The van der Waals surface area contributed by atoms with Crippen LogP contribution < -0.4 is 15.2 Å². The molecule has 2 N–H and O–H groups in total. The molecule has 2 unspecified atom stereocenters. The fourth-order valence-corrected chi connectivity index (χ4v) is 1.85. The molecule has 1 aromatic rings. The molecule has 16 heavy (non-hydrogen) atoms. The summed E-state index contributed by atoms with van der Waals surface area (Å²) in [7, 11) is 0. The molecular weight excluding hydrogens is 206 g/mol. The lowest BCUT2D eigenvalue weighted by molar-refractivity contribution is 0.172. The monoisotopic (exact) mass is 223 g/mol. The first-order valence-electron chi connectivity index (χ1n) is 5.67. The number of aromatic nitrogens is 2.